The van der Waals surface area contributed by atoms with Crippen LogP contribution in [0.2, 0.25) is 0 Å². The van der Waals surface area contributed by atoms with E-state index < -0.39 is 10.3 Å². The van der Waals surface area contributed by atoms with Crippen LogP contribution in [-0.4, -0.2) is 37.6 Å². The number of nitrogens with one attached hydrogen (secondary N) is 2. The number of ether oxygens (including phenoxy) is 1. The number of carbonyl (C=O) groups excluding carboxylic acids is 1. The molecule has 1 aromatic rings. The molecule has 0 atom stereocenters. The molecule has 1 aromatic carbocycles. The Morgan fingerprint density at radius 2 is 1.95 bits per heavy atom. The summed E-state index contributed by atoms with van der Waals surface area (Å²) >= 11 is 0. The van der Waals surface area contributed by atoms with Crippen molar-refractivity contribution in [2.75, 3.05) is 26.7 Å². The molecule has 0 heterocycles. The number of benzene rings is 1. The Kier molecular flexibility index (Phi) is 6.10. The van der Waals surface area contributed by atoms with Crippen molar-refractivity contribution in [1.82, 2.24) is 10.6 Å². The summed E-state index contributed by atoms with van der Waals surface area (Å²) in [7, 11) is 1.61. The highest BCUT2D eigenvalue weighted by molar-refractivity contribution is 5.81. The molecule has 1 rings (SSSR count). The van der Waals surface area contributed by atoms with Gasteiger partial charge in [-0.25, -0.2) is 0 Å². The van der Waals surface area contributed by atoms with Gasteiger partial charge in [-0.1, -0.05) is 0 Å². The predicted molar refractivity (Wildman–Crippen MR) is 79.3 cm³/mol. The van der Waals surface area contributed by atoms with Crippen LogP contribution in [0.25, 0.3) is 0 Å². The van der Waals surface area contributed by atoms with Crippen LogP contribution < -0.4 is 15.4 Å². The highest BCUT2D eigenvalue weighted by Crippen LogP contribution is 2.17. The number of carbonyl (C=O) groups is 1. The minimum absolute atomic E-state index is 0.0220. The molecule has 0 aliphatic carbocycles. The van der Waals surface area contributed by atoms with E-state index in [-0.39, 0.29) is 11.6 Å². The van der Waals surface area contributed by atoms with Gasteiger partial charge in [0.05, 0.1) is 10.3 Å². The number of hydrogen-bond donors (Lipinski definition) is 2. The maximum absolute atomic E-state index is 11.6. The van der Waals surface area contributed by atoms with E-state index in [2.05, 4.69) is 10.6 Å². The molecule has 0 saturated heterocycles. The quantitative estimate of drug-likeness (QED) is 0.429. The molecule has 116 valence electrons. The van der Waals surface area contributed by atoms with Crippen molar-refractivity contribution in [3.8, 4) is 5.75 Å². The summed E-state index contributed by atoms with van der Waals surface area (Å²) in [5.74, 6) is 0.555. The summed E-state index contributed by atoms with van der Waals surface area (Å²) in [5, 5.41) is 16.3. The molecule has 2 N–H and O–H groups in total. The van der Waals surface area contributed by atoms with Crippen LogP contribution in [0.1, 0.15) is 13.8 Å². The molecule has 7 heteroatoms. The molecule has 0 saturated carbocycles. The van der Waals surface area contributed by atoms with E-state index in [1.807, 2.05) is 13.8 Å². The topological polar surface area (TPSA) is 93.5 Å². The van der Waals surface area contributed by atoms with Crippen molar-refractivity contribution in [2.24, 2.45) is 5.41 Å². The van der Waals surface area contributed by atoms with Gasteiger partial charge < -0.3 is 15.4 Å². The van der Waals surface area contributed by atoms with E-state index in [1.165, 1.54) is 12.1 Å². The second-order valence-corrected chi connectivity index (χ2v) is 5.24. The average Bonchev–Trinajstić information content (AvgIpc) is 2.46. The van der Waals surface area contributed by atoms with Crippen LogP contribution in [0, 0.1) is 15.5 Å². The highest BCUT2D eigenvalue weighted by Gasteiger charge is 2.25. The molecule has 0 aliphatic heterocycles. The maximum atomic E-state index is 11.6. The van der Waals surface area contributed by atoms with Gasteiger partial charge in [0.15, 0.2) is 0 Å². The van der Waals surface area contributed by atoms with Crippen LogP contribution in [0.3, 0.4) is 0 Å². The summed E-state index contributed by atoms with van der Waals surface area (Å²) in [6.07, 6.45) is 0. The summed E-state index contributed by atoms with van der Waals surface area (Å²) in [4.78, 5) is 21.6. The fourth-order valence-electron chi connectivity index (χ4n) is 1.72. The molecule has 1 amide bonds. The van der Waals surface area contributed by atoms with Gasteiger partial charge in [0.2, 0.25) is 5.91 Å². The lowest BCUT2D eigenvalue weighted by atomic mass is 9.92. The van der Waals surface area contributed by atoms with Gasteiger partial charge in [-0.05, 0) is 26.0 Å². The third kappa shape index (κ3) is 5.39. The Bertz CT molecular complexity index is 485. The van der Waals surface area contributed by atoms with Gasteiger partial charge in [-0.15, -0.1) is 0 Å². The molecular weight excluding hydrogens is 274 g/mol. The van der Waals surface area contributed by atoms with Crippen molar-refractivity contribution in [2.45, 2.75) is 13.8 Å². The number of non-ortho nitro benzene ring substituents is 1. The number of nitrogens with zero attached hydrogens (tertiary/aromatic N) is 1. The lowest BCUT2D eigenvalue weighted by molar-refractivity contribution is -0.384. The molecule has 0 radical (unpaired) electrons. The summed E-state index contributed by atoms with van der Waals surface area (Å²) in [5.41, 5.74) is -0.449. The van der Waals surface area contributed by atoms with Gasteiger partial charge in [0.1, 0.15) is 12.4 Å². The monoisotopic (exact) mass is 295 g/mol. The Morgan fingerprint density at radius 1 is 1.33 bits per heavy atom. The van der Waals surface area contributed by atoms with Crippen LogP contribution >= 0.6 is 0 Å². The van der Waals surface area contributed by atoms with E-state index in [4.69, 9.17) is 4.74 Å². The van der Waals surface area contributed by atoms with Crippen LogP contribution in [-0.2, 0) is 4.79 Å². The summed E-state index contributed by atoms with van der Waals surface area (Å²) in [6, 6.07) is 5.92. The molecule has 0 spiro atoms. The first kappa shape index (κ1) is 16.9. The zero-order valence-electron chi connectivity index (χ0n) is 12.5. The number of amides is 1. The van der Waals surface area contributed by atoms with E-state index in [9.17, 15) is 14.9 Å². The normalized spacial score (nSPS) is 11.0. The van der Waals surface area contributed by atoms with Gasteiger partial charge in [-0.3, -0.25) is 14.9 Å². The zero-order chi connectivity index (χ0) is 15.9. The molecule has 0 aliphatic rings. The number of rotatable bonds is 8. The fraction of sp³-hybridized carbons (Fsp3) is 0.500. The summed E-state index contributed by atoms with van der Waals surface area (Å²) < 4.78 is 5.46. The maximum Gasteiger partial charge on any atom is 0.269 e. The SMILES string of the molecule is CNC(=O)C(C)(C)CNCCOc1ccc([N+](=O)[O-])cc1. The minimum Gasteiger partial charge on any atom is -0.492 e. The lowest BCUT2D eigenvalue weighted by Gasteiger charge is -2.22. The molecule has 0 unspecified atom stereocenters. The Hall–Kier alpha value is -2.15. The van der Waals surface area contributed by atoms with Crippen molar-refractivity contribution in [3.05, 3.63) is 34.4 Å². The third-order valence-electron chi connectivity index (χ3n) is 3.00. The minimum atomic E-state index is -0.484. The van der Waals surface area contributed by atoms with E-state index in [0.29, 0.717) is 25.4 Å². The van der Waals surface area contributed by atoms with E-state index >= 15 is 0 Å². The largest absolute Gasteiger partial charge is 0.492 e. The average molecular weight is 295 g/mol. The smallest absolute Gasteiger partial charge is 0.269 e. The lowest BCUT2D eigenvalue weighted by Crippen LogP contribution is -2.42. The van der Waals surface area contributed by atoms with Crippen molar-refractivity contribution in [1.29, 1.82) is 0 Å². The number of hydrogen-bond acceptors (Lipinski definition) is 5. The number of nitro benzene ring substituents is 1. The second kappa shape index (κ2) is 7.58. The van der Waals surface area contributed by atoms with E-state index in [1.54, 1.807) is 19.2 Å². The van der Waals surface area contributed by atoms with Gasteiger partial charge in [0, 0.05) is 32.3 Å². The van der Waals surface area contributed by atoms with Crippen molar-refractivity contribution in [3.63, 3.8) is 0 Å². The van der Waals surface area contributed by atoms with E-state index in [0.717, 1.165) is 0 Å². The van der Waals surface area contributed by atoms with Crippen LogP contribution in [0.5, 0.6) is 5.75 Å². The van der Waals surface area contributed by atoms with Gasteiger partial charge >= 0.3 is 0 Å². The van der Waals surface area contributed by atoms with Gasteiger partial charge in [-0.2, -0.15) is 0 Å². The fourth-order valence-corrected chi connectivity index (χ4v) is 1.72. The molecule has 0 fully saturated rings. The third-order valence-corrected chi connectivity index (χ3v) is 3.00. The first-order chi connectivity index (χ1) is 9.86. The standard InChI is InChI=1S/C14H21N3O4/c1-14(2,13(18)15-3)10-16-8-9-21-12-6-4-11(5-7-12)17(19)20/h4-7,16H,8-10H2,1-3H3,(H,15,18). The summed E-state index contributed by atoms with van der Waals surface area (Å²) in [6.45, 7) is 5.25. The van der Waals surface area contributed by atoms with Crippen molar-refractivity contribution < 1.29 is 14.5 Å². The molecule has 21 heavy (non-hydrogen) atoms. The molecular formula is C14H21N3O4. The highest BCUT2D eigenvalue weighted by atomic mass is 16.6. The first-order valence-electron chi connectivity index (χ1n) is 6.67. The Morgan fingerprint density at radius 3 is 2.48 bits per heavy atom. The molecule has 0 bridgehead atoms. The number of nitro groups is 1. The first-order valence-corrected chi connectivity index (χ1v) is 6.67. The molecule has 7 nitrogen and oxygen atoms in total. The predicted octanol–water partition coefficient (Wildman–Crippen LogP) is 1.34. The zero-order valence-corrected chi connectivity index (χ0v) is 12.5. The Labute approximate surface area is 123 Å². The Balaban J connectivity index is 2.28. The van der Waals surface area contributed by atoms with Crippen molar-refractivity contribution >= 4 is 11.6 Å². The van der Waals surface area contributed by atoms with Gasteiger partial charge in [0.25, 0.3) is 5.69 Å². The van der Waals surface area contributed by atoms with Crippen LogP contribution in [0.4, 0.5) is 5.69 Å². The van der Waals surface area contributed by atoms with Crippen LogP contribution in [0.15, 0.2) is 24.3 Å². The molecule has 0 aromatic heterocycles. The second-order valence-electron chi connectivity index (χ2n) is 5.24.